The highest BCUT2D eigenvalue weighted by Crippen LogP contribution is 2.15. The summed E-state index contributed by atoms with van der Waals surface area (Å²) in [4.78, 5) is 13.9. The summed E-state index contributed by atoms with van der Waals surface area (Å²) in [6.07, 6.45) is 5.83. The molecule has 1 rings (SSSR count). The molecule has 0 aromatic rings. The maximum Gasteiger partial charge on any atom is 0.222 e. The molecule has 1 fully saturated rings. The summed E-state index contributed by atoms with van der Waals surface area (Å²) in [7, 11) is -2.93. The molecule has 0 aromatic heterocycles. The van der Waals surface area contributed by atoms with E-state index in [0.29, 0.717) is 31.8 Å². The molecule has 0 radical (unpaired) electrons. The highest BCUT2D eigenvalue weighted by molar-refractivity contribution is 7.91. The zero-order valence-corrected chi connectivity index (χ0v) is 13.0. The van der Waals surface area contributed by atoms with Gasteiger partial charge in [0.15, 0.2) is 9.84 Å². The second-order valence-electron chi connectivity index (χ2n) is 5.69. The predicted octanol–water partition coefficient (Wildman–Crippen LogP) is 2.24. The molecule has 0 spiro atoms. The van der Waals surface area contributed by atoms with Gasteiger partial charge in [-0.25, -0.2) is 8.42 Å². The van der Waals surface area contributed by atoms with E-state index < -0.39 is 9.84 Å². The van der Waals surface area contributed by atoms with Gasteiger partial charge in [0.25, 0.3) is 0 Å². The SMILES string of the molecule is CCCCCC(C)CC(=O)N1CCCS(=O)(=O)CC1. The number of rotatable bonds is 6. The molecule has 112 valence electrons. The number of carbonyl (C=O) groups excluding carboxylic acids is 1. The number of nitrogens with zero attached hydrogens (tertiary/aromatic N) is 1. The second kappa shape index (κ2) is 7.88. The summed E-state index contributed by atoms with van der Waals surface area (Å²) >= 11 is 0. The highest BCUT2D eigenvalue weighted by atomic mass is 32.2. The monoisotopic (exact) mass is 289 g/mol. The fraction of sp³-hybridized carbons (Fsp3) is 0.929. The number of sulfone groups is 1. The minimum Gasteiger partial charge on any atom is -0.342 e. The van der Waals surface area contributed by atoms with Gasteiger partial charge in [-0.1, -0.05) is 39.5 Å². The number of carbonyl (C=O) groups is 1. The number of amides is 1. The molecular weight excluding hydrogens is 262 g/mol. The van der Waals surface area contributed by atoms with E-state index in [-0.39, 0.29) is 17.4 Å². The summed E-state index contributed by atoms with van der Waals surface area (Å²) in [6.45, 7) is 5.26. The molecule has 1 heterocycles. The third-order valence-corrected chi connectivity index (χ3v) is 5.45. The van der Waals surface area contributed by atoms with E-state index in [9.17, 15) is 13.2 Å². The molecule has 4 nitrogen and oxygen atoms in total. The first kappa shape index (κ1) is 16.5. The fourth-order valence-electron chi connectivity index (χ4n) is 2.46. The minimum absolute atomic E-state index is 0.126. The molecule has 1 aliphatic heterocycles. The average molecular weight is 289 g/mol. The van der Waals surface area contributed by atoms with Crippen LogP contribution in [-0.2, 0) is 14.6 Å². The molecule has 0 aliphatic carbocycles. The van der Waals surface area contributed by atoms with Gasteiger partial charge in [-0.3, -0.25) is 4.79 Å². The first-order valence-electron chi connectivity index (χ1n) is 7.43. The van der Waals surface area contributed by atoms with E-state index in [1.807, 2.05) is 0 Å². The average Bonchev–Trinajstić information content (AvgIpc) is 2.50. The van der Waals surface area contributed by atoms with Gasteiger partial charge in [-0.2, -0.15) is 0 Å². The van der Waals surface area contributed by atoms with Gasteiger partial charge in [-0.05, 0) is 12.3 Å². The molecule has 0 saturated carbocycles. The quantitative estimate of drug-likeness (QED) is 0.705. The van der Waals surface area contributed by atoms with Crippen molar-refractivity contribution in [2.24, 2.45) is 5.92 Å². The summed E-state index contributed by atoms with van der Waals surface area (Å²) in [6, 6.07) is 0. The van der Waals surface area contributed by atoms with E-state index in [2.05, 4.69) is 13.8 Å². The van der Waals surface area contributed by atoms with Crippen molar-refractivity contribution < 1.29 is 13.2 Å². The molecular formula is C14H27NO3S. The first-order chi connectivity index (χ1) is 8.94. The summed E-state index contributed by atoms with van der Waals surface area (Å²) in [5.41, 5.74) is 0. The summed E-state index contributed by atoms with van der Waals surface area (Å²) in [5.74, 6) is 0.881. The molecule has 19 heavy (non-hydrogen) atoms. The summed E-state index contributed by atoms with van der Waals surface area (Å²) in [5, 5.41) is 0. The van der Waals surface area contributed by atoms with Gasteiger partial charge >= 0.3 is 0 Å². The van der Waals surface area contributed by atoms with Crippen molar-refractivity contribution in [3.8, 4) is 0 Å². The number of hydrogen-bond donors (Lipinski definition) is 0. The molecule has 1 saturated heterocycles. The lowest BCUT2D eigenvalue weighted by Gasteiger charge is -2.21. The third kappa shape index (κ3) is 6.41. The van der Waals surface area contributed by atoms with Gasteiger partial charge in [0.2, 0.25) is 5.91 Å². The van der Waals surface area contributed by atoms with Crippen molar-refractivity contribution in [3.05, 3.63) is 0 Å². The van der Waals surface area contributed by atoms with Crippen LogP contribution in [0.4, 0.5) is 0 Å². The Labute approximate surface area is 117 Å². The van der Waals surface area contributed by atoms with Crippen molar-refractivity contribution in [1.29, 1.82) is 0 Å². The van der Waals surface area contributed by atoms with E-state index in [4.69, 9.17) is 0 Å². The van der Waals surface area contributed by atoms with Crippen LogP contribution in [-0.4, -0.2) is 43.8 Å². The molecule has 5 heteroatoms. The standard InChI is InChI=1S/C14H27NO3S/c1-3-4-5-7-13(2)12-14(16)15-8-6-10-19(17,18)11-9-15/h13H,3-12H2,1-2H3. The number of hydrogen-bond acceptors (Lipinski definition) is 3. The van der Waals surface area contributed by atoms with E-state index in [0.717, 1.165) is 6.42 Å². The van der Waals surface area contributed by atoms with Crippen LogP contribution in [0.5, 0.6) is 0 Å². The Balaban J connectivity index is 2.36. The Morgan fingerprint density at radius 3 is 2.63 bits per heavy atom. The lowest BCUT2D eigenvalue weighted by Crippen LogP contribution is -2.34. The molecule has 1 unspecified atom stereocenters. The maximum atomic E-state index is 12.1. The fourth-order valence-corrected chi connectivity index (χ4v) is 3.73. The highest BCUT2D eigenvalue weighted by Gasteiger charge is 2.23. The van der Waals surface area contributed by atoms with Gasteiger partial charge in [0, 0.05) is 19.5 Å². The first-order valence-corrected chi connectivity index (χ1v) is 9.25. The van der Waals surface area contributed by atoms with Crippen molar-refractivity contribution >= 4 is 15.7 Å². The van der Waals surface area contributed by atoms with Crippen LogP contribution in [0.1, 0.15) is 52.4 Å². The van der Waals surface area contributed by atoms with Gasteiger partial charge in [0.05, 0.1) is 11.5 Å². The maximum absolute atomic E-state index is 12.1. The van der Waals surface area contributed by atoms with Crippen molar-refractivity contribution in [3.63, 3.8) is 0 Å². The molecule has 1 aliphatic rings. The topological polar surface area (TPSA) is 54.5 Å². The van der Waals surface area contributed by atoms with Crippen molar-refractivity contribution in [2.45, 2.75) is 52.4 Å². The normalized spacial score (nSPS) is 20.8. The van der Waals surface area contributed by atoms with Gasteiger partial charge < -0.3 is 4.90 Å². The Morgan fingerprint density at radius 1 is 1.21 bits per heavy atom. The van der Waals surface area contributed by atoms with E-state index in [1.54, 1.807) is 4.90 Å². The zero-order chi connectivity index (χ0) is 14.3. The molecule has 1 atom stereocenters. The van der Waals surface area contributed by atoms with Crippen LogP contribution in [0.25, 0.3) is 0 Å². The minimum atomic E-state index is -2.93. The third-order valence-electron chi connectivity index (χ3n) is 3.73. The predicted molar refractivity (Wildman–Crippen MR) is 77.8 cm³/mol. The zero-order valence-electron chi connectivity index (χ0n) is 12.2. The lowest BCUT2D eigenvalue weighted by molar-refractivity contribution is -0.131. The molecule has 0 N–H and O–H groups in total. The molecule has 0 bridgehead atoms. The van der Waals surface area contributed by atoms with Crippen molar-refractivity contribution in [2.75, 3.05) is 24.6 Å². The van der Waals surface area contributed by atoms with Gasteiger partial charge in [0.1, 0.15) is 0 Å². The summed E-state index contributed by atoms with van der Waals surface area (Å²) < 4.78 is 23.0. The lowest BCUT2D eigenvalue weighted by atomic mass is 9.99. The Kier molecular flexibility index (Phi) is 6.83. The number of unbranched alkanes of at least 4 members (excludes halogenated alkanes) is 2. The molecule has 0 aromatic carbocycles. The van der Waals surface area contributed by atoms with Crippen LogP contribution >= 0.6 is 0 Å². The molecule has 1 amide bonds. The Bertz CT molecular complexity index is 378. The van der Waals surface area contributed by atoms with Crippen LogP contribution in [0, 0.1) is 5.92 Å². The Morgan fingerprint density at radius 2 is 1.95 bits per heavy atom. The van der Waals surface area contributed by atoms with Crippen LogP contribution in [0.3, 0.4) is 0 Å². The second-order valence-corrected chi connectivity index (χ2v) is 7.99. The van der Waals surface area contributed by atoms with E-state index in [1.165, 1.54) is 19.3 Å². The van der Waals surface area contributed by atoms with Crippen LogP contribution < -0.4 is 0 Å². The Hall–Kier alpha value is -0.580. The van der Waals surface area contributed by atoms with E-state index >= 15 is 0 Å². The van der Waals surface area contributed by atoms with Crippen LogP contribution in [0.15, 0.2) is 0 Å². The van der Waals surface area contributed by atoms with Gasteiger partial charge in [-0.15, -0.1) is 0 Å². The largest absolute Gasteiger partial charge is 0.342 e. The van der Waals surface area contributed by atoms with Crippen molar-refractivity contribution in [1.82, 2.24) is 4.90 Å². The van der Waals surface area contributed by atoms with Crippen LogP contribution in [0.2, 0.25) is 0 Å². The smallest absolute Gasteiger partial charge is 0.222 e.